The lowest BCUT2D eigenvalue weighted by molar-refractivity contribution is -0.0625. The van der Waals surface area contributed by atoms with Crippen molar-refractivity contribution in [3.8, 4) is 17.0 Å². The Morgan fingerprint density at radius 1 is 1.25 bits per heavy atom. The topological polar surface area (TPSA) is 67.3 Å². The van der Waals surface area contributed by atoms with Gasteiger partial charge in [0.15, 0.2) is 5.82 Å². The number of ether oxygens (including phenoxy) is 1. The van der Waals surface area contributed by atoms with E-state index in [1.807, 2.05) is 12.1 Å². The highest BCUT2D eigenvalue weighted by Crippen LogP contribution is 2.40. The van der Waals surface area contributed by atoms with E-state index in [1.54, 1.807) is 13.2 Å². The highest BCUT2D eigenvalue weighted by Gasteiger charge is 2.41. The van der Waals surface area contributed by atoms with Crippen molar-refractivity contribution in [3.05, 3.63) is 41.5 Å². The molecule has 1 aromatic carbocycles. The van der Waals surface area contributed by atoms with E-state index in [0.717, 1.165) is 50.0 Å². The van der Waals surface area contributed by atoms with Crippen LogP contribution in [0.5, 0.6) is 5.75 Å². The van der Waals surface area contributed by atoms with Crippen LogP contribution in [0.4, 0.5) is 5.82 Å². The molecule has 28 heavy (non-hydrogen) atoms. The Morgan fingerprint density at radius 2 is 1.96 bits per heavy atom. The van der Waals surface area contributed by atoms with Gasteiger partial charge in [0.05, 0.1) is 5.60 Å². The summed E-state index contributed by atoms with van der Waals surface area (Å²) in [7, 11) is 1.77. The van der Waals surface area contributed by atoms with Crippen molar-refractivity contribution < 1.29 is 9.84 Å². The SMILES string of the molecule is C=C(Cl)c1ccc(-c2nnc(NC3CC(C)(OC)C3)c3c2CCCC3)c(O)c1. The highest BCUT2D eigenvalue weighted by atomic mass is 35.5. The number of methoxy groups -OCH3 is 1. The summed E-state index contributed by atoms with van der Waals surface area (Å²) in [5.41, 5.74) is 4.53. The average Bonchev–Trinajstić information content (AvgIpc) is 2.67. The van der Waals surface area contributed by atoms with E-state index >= 15 is 0 Å². The van der Waals surface area contributed by atoms with Crippen LogP contribution in [0.15, 0.2) is 24.8 Å². The summed E-state index contributed by atoms with van der Waals surface area (Å²) >= 11 is 5.96. The predicted molar refractivity (Wildman–Crippen MR) is 113 cm³/mol. The molecule has 0 radical (unpaired) electrons. The van der Waals surface area contributed by atoms with E-state index in [1.165, 1.54) is 11.1 Å². The predicted octanol–water partition coefficient (Wildman–Crippen LogP) is 4.92. The van der Waals surface area contributed by atoms with Gasteiger partial charge in [0.25, 0.3) is 0 Å². The Labute approximate surface area is 170 Å². The minimum Gasteiger partial charge on any atom is -0.507 e. The molecule has 0 spiro atoms. The third-order valence-corrected chi connectivity index (χ3v) is 6.26. The van der Waals surface area contributed by atoms with Crippen LogP contribution in [0.2, 0.25) is 0 Å². The summed E-state index contributed by atoms with van der Waals surface area (Å²) in [5.74, 6) is 1.03. The summed E-state index contributed by atoms with van der Waals surface area (Å²) in [5, 5.41) is 23.5. The number of benzene rings is 1. The number of aromatic nitrogens is 2. The molecule has 0 amide bonds. The number of aromatic hydroxyl groups is 1. The zero-order valence-electron chi connectivity index (χ0n) is 16.4. The zero-order valence-corrected chi connectivity index (χ0v) is 17.1. The van der Waals surface area contributed by atoms with Crippen LogP contribution in [0.1, 0.15) is 49.3 Å². The van der Waals surface area contributed by atoms with Gasteiger partial charge in [-0.2, -0.15) is 0 Å². The molecule has 1 saturated carbocycles. The van der Waals surface area contributed by atoms with Crippen molar-refractivity contribution in [1.29, 1.82) is 0 Å². The van der Waals surface area contributed by atoms with Crippen LogP contribution in [0, 0.1) is 0 Å². The molecule has 1 aromatic heterocycles. The molecule has 0 aliphatic heterocycles. The number of rotatable bonds is 5. The van der Waals surface area contributed by atoms with Gasteiger partial charge in [0, 0.05) is 29.3 Å². The number of halogens is 1. The molecule has 0 bridgehead atoms. The average molecular weight is 400 g/mol. The summed E-state index contributed by atoms with van der Waals surface area (Å²) < 4.78 is 5.55. The zero-order chi connectivity index (χ0) is 19.9. The number of hydrogen-bond donors (Lipinski definition) is 2. The van der Waals surface area contributed by atoms with Crippen LogP contribution >= 0.6 is 11.6 Å². The maximum atomic E-state index is 10.5. The lowest BCUT2D eigenvalue weighted by Crippen LogP contribution is -2.50. The van der Waals surface area contributed by atoms with E-state index < -0.39 is 0 Å². The lowest BCUT2D eigenvalue weighted by Gasteiger charge is -2.44. The van der Waals surface area contributed by atoms with E-state index in [0.29, 0.717) is 22.2 Å². The first-order chi connectivity index (χ1) is 13.4. The molecule has 1 fully saturated rings. The number of fused-ring (bicyclic) bond motifs is 1. The second-order valence-corrected chi connectivity index (χ2v) is 8.56. The van der Waals surface area contributed by atoms with E-state index in [2.05, 4.69) is 29.0 Å². The summed E-state index contributed by atoms with van der Waals surface area (Å²) in [6.07, 6.45) is 6.11. The second-order valence-electron chi connectivity index (χ2n) is 8.10. The molecule has 0 unspecified atom stereocenters. The van der Waals surface area contributed by atoms with E-state index in [9.17, 15) is 5.11 Å². The normalized spacial score (nSPS) is 23.6. The van der Waals surface area contributed by atoms with Crippen molar-refractivity contribution in [2.24, 2.45) is 0 Å². The summed E-state index contributed by atoms with van der Waals surface area (Å²) in [4.78, 5) is 0. The molecular formula is C22H26ClN3O2. The van der Waals surface area contributed by atoms with Crippen LogP contribution < -0.4 is 5.32 Å². The number of anilines is 1. The maximum absolute atomic E-state index is 10.5. The van der Waals surface area contributed by atoms with Gasteiger partial charge in [-0.15, -0.1) is 10.2 Å². The quantitative estimate of drug-likeness (QED) is 0.747. The van der Waals surface area contributed by atoms with E-state index in [4.69, 9.17) is 16.3 Å². The highest BCUT2D eigenvalue weighted by molar-refractivity contribution is 6.48. The molecule has 148 valence electrons. The van der Waals surface area contributed by atoms with Gasteiger partial charge in [-0.1, -0.05) is 24.2 Å². The number of phenols is 1. The molecule has 2 N–H and O–H groups in total. The number of phenolic OH excluding ortho intramolecular Hbond substituents is 1. The molecule has 0 atom stereocenters. The third-order valence-electron chi connectivity index (χ3n) is 6.05. The molecule has 4 rings (SSSR count). The maximum Gasteiger partial charge on any atom is 0.152 e. The Balaban J connectivity index is 1.66. The van der Waals surface area contributed by atoms with Gasteiger partial charge < -0.3 is 15.2 Å². The number of nitrogens with zero attached hydrogens (tertiary/aromatic N) is 2. The molecule has 1 heterocycles. The second kappa shape index (κ2) is 7.37. The Bertz CT molecular complexity index is 922. The lowest BCUT2D eigenvalue weighted by atomic mass is 9.77. The van der Waals surface area contributed by atoms with Crippen molar-refractivity contribution in [2.75, 3.05) is 12.4 Å². The van der Waals surface area contributed by atoms with Crippen molar-refractivity contribution in [3.63, 3.8) is 0 Å². The summed E-state index contributed by atoms with van der Waals surface area (Å²) in [6, 6.07) is 5.69. The van der Waals surface area contributed by atoms with Gasteiger partial charge in [-0.3, -0.25) is 0 Å². The van der Waals surface area contributed by atoms with Gasteiger partial charge in [-0.25, -0.2) is 0 Å². The van der Waals surface area contributed by atoms with Crippen LogP contribution in [0.3, 0.4) is 0 Å². The minimum atomic E-state index is -0.0366. The van der Waals surface area contributed by atoms with E-state index in [-0.39, 0.29) is 11.4 Å². The smallest absolute Gasteiger partial charge is 0.152 e. The molecule has 0 saturated heterocycles. The summed E-state index contributed by atoms with van der Waals surface area (Å²) in [6.45, 7) is 5.85. The molecule has 2 aromatic rings. The van der Waals surface area contributed by atoms with Gasteiger partial charge >= 0.3 is 0 Å². The van der Waals surface area contributed by atoms with Crippen LogP contribution in [0.25, 0.3) is 16.3 Å². The first kappa shape index (κ1) is 19.2. The fourth-order valence-corrected chi connectivity index (χ4v) is 4.44. The minimum absolute atomic E-state index is 0.0366. The monoisotopic (exact) mass is 399 g/mol. The van der Waals surface area contributed by atoms with Gasteiger partial charge in [0.2, 0.25) is 0 Å². The van der Waals surface area contributed by atoms with Crippen LogP contribution in [-0.4, -0.2) is 34.1 Å². The Hall–Kier alpha value is -2.11. The Kier molecular flexibility index (Phi) is 5.06. The largest absolute Gasteiger partial charge is 0.507 e. The van der Waals surface area contributed by atoms with Crippen molar-refractivity contribution in [2.45, 2.75) is 57.1 Å². The van der Waals surface area contributed by atoms with Crippen LogP contribution in [-0.2, 0) is 17.6 Å². The number of hydrogen-bond acceptors (Lipinski definition) is 5. The fourth-order valence-electron chi connectivity index (χ4n) is 4.33. The first-order valence-electron chi connectivity index (χ1n) is 9.78. The molecule has 5 nitrogen and oxygen atoms in total. The third kappa shape index (κ3) is 3.49. The van der Waals surface area contributed by atoms with Gasteiger partial charge in [0.1, 0.15) is 11.4 Å². The molecule has 2 aliphatic rings. The molecule has 2 aliphatic carbocycles. The molecule has 6 heteroatoms. The molecular weight excluding hydrogens is 374 g/mol. The van der Waals surface area contributed by atoms with Crippen molar-refractivity contribution in [1.82, 2.24) is 10.2 Å². The van der Waals surface area contributed by atoms with Crippen molar-refractivity contribution >= 4 is 22.5 Å². The standard InChI is InChI=1S/C22H26ClN3O2/c1-13(23)14-8-9-18(19(27)10-14)20-16-6-4-5-7-17(16)21(26-25-20)24-15-11-22(2,12-15)28-3/h8-10,15,27H,1,4-7,11-12H2,2-3H3,(H,24,26). The van der Waals surface area contributed by atoms with Gasteiger partial charge in [-0.05, 0) is 68.7 Å². The number of nitrogens with one attached hydrogen (secondary N) is 1. The fraction of sp³-hybridized carbons (Fsp3) is 0.455. The Morgan fingerprint density at radius 3 is 2.61 bits per heavy atom. The first-order valence-corrected chi connectivity index (χ1v) is 10.2.